The van der Waals surface area contributed by atoms with Gasteiger partial charge in [-0.25, -0.2) is 9.59 Å². The maximum atomic E-state index is 10.7. The molecule has 0 saturated carbocycles. The minimum atomic E-state index is -1.64. The molecule has 0 amide bonds. The zero-order chi connectivity index (χ0) is 11.7. The molecule has 0 aliphatic heterocycles. The molecule has 0 bridgehead atoms. The zero-order valence-electron chi connectivity index (χ0n) is 7.50. The van der Waals surface area contributed by atoms with E-state index in [1.807, 2.05) is 0 Å². The summed E-state index contributed by atoms with van der Waals surface area (Å²) in [6, 6.07) is 0. The number of nitrogens with zero attached hydrogens (tertiary/aromatic N) is 2. The van der Waals surface area contributed by atoms with Gasteiger partial charge in [-0.15, -0.1) is 0 Å². The second-order valence-corrected chi connectivity index (χ2v) is 2.72. The van der Waals surface area contributed by atoms with Crippen LogP contribution in [0.2, 0.25) is 0 Å². The van der Waals surface area contributed by atoms with Gasteiger partial charge < -0.3 is 14.8 Å². The Hall–Kier alpha value is -2.38. The summed E-state index contributed by atoms with van der Waals surface area (Å²) in [5.74, 6) is -3.16. The fourth-order valence-corrected chi connectivity index (χ4v) is 1.22. The SMILES string of the molecule is Cn1cc([N+](=O)[O-])c(C(=O)O)c1C(=O)O. The third-order valence-electron chi connectivity index (χ3n) is 1.77. The van der Waals surface area contributed by atoms with Crippen LogP contribution in [-0.4, -0.2) is 31.6 Å². The van der Waals surface area contributed by atoms with Crippen LogP contribution in [0.25, 0.3) is 0 Å². The van der Waals surface area contributed by atoms with Gasteiger partial charge in [0.25, 0.3) is 0 Å². The second kappa shape index (κ2) is 3.40. The molecule has 1 rings (SSSR count). The molecule has 0 aliphatic carbocycles. The smallest absolute Gasteiger partial charge is 0.353 e. The highest BCUT2D eigenvalue weighted by molar-refractivity contribution is 6.04. The lowest BCUT2D eigenvalue weighted by molar-refractivity contribution is -0.385. The van der Waals surface area contributed by atoms with Crippen LogP contribution in [0.5, 0.6) is 0 Å². The van der Waals surface area contributed by atoms with Gasteiger partial charge in [-0.1, -0.05) is 0 Å². The van der Waals surface area contributed by atoms with E-state index < -0.39 is 33.8 Å². The highest BCUT2D eigenvalue weighted by Crippen LogP contribution is 2.24. The normalized spacial score (nSPS) is 9.93. The molecule has 8 nitrogen and oxygen atoms in total. The molecular formula is C7H6N2O6. The lowest BCUT2D eigenvalue weighted by Gasteiger charge is -1.96. The maximum absolute atomic E-state index is 10.7. The molecule has 15 heavy (non-hydrogen) atoms. The molecule has 0 fully saturated rings. The number of carboxylic acids is 2. The molecule has 1 aromatic rings. The van der Waals surface area contributed by atoms with Crippen molar-refractivity contribution in [2.24, 2.45) is 7.05 Å². The number of aromatic carboxylic acids is 2. The fourth-order valence-electron chi connectivity index (χ4n) is 1.22. The summed E-state index contributed by atoms with van der Waals surface area (Å²) in [7, 11) is 1.23. The molecule has 0 unspecified atom stereocenters. The van der Waals surface area contributed by atoms with E-state index in [2.05, 4.69) is 0 Å². The third kappa shape index (κ3) is 1.64. The van der Waals surface area contributed by atoms with E-state index in [-0.39, 0.29) is 0 Å². The minimum Gasteiger partial charge on any atom is -0.477 e. The molecule has 8 heteroatoms. The first-order chi connectivity index (χ1) is 6.86. The molecule has 0 atom stereocenters. The Balaban J connectivity index is 3.59. The van der Waals surface area contributed by atoms with E-state index in [1.54, 1.807) is 0 Å². The highest BCUT2D eigenvalue weighted by atomic mass is 16.6. The average Bonchev–Trinajstić information content (AvgIpc) is 2.42. The van der Waals surface area contributed by atoms with E-state index in [9.17, 15) is 19.7 Å². The van der Waals surface area contributed by atoms with Gasteiger partial charge in [-0.3, -0.25) is 10.1 Å². The predicted octanol–water partition coefficient (Wildman–Crippen LogP) is 0.330. The standard InChI is InChI=1S/C7H6N2O6/c1-8-2-3(9(14)15)4(6(10)11)5(8)7(12)13/h2H,1H3,(H,10,11)(H,12,13). The molecule has 1 aromatic heterocycles. The van der Waals surface area contributed by atoms with Crippen molar-refractivity contribution in [3.8, 4) is 0 Å². The molecule has 80 valence electrons. The highest BCUT2D eigenvalue weighted by Gasteiger charge is 2.31. The molecule has 2 N–H and O–H groups in total. The van der Waals surface area contributed by atoms with Gasteiger partial charge in [-0.2, -0.15) is 0 Å². The summed E-state index contributed by atoms with van der Waals surface area (Å²) in [4.78, 5) is 30.9. The number of nitro groups is 1. The Morgan fingerprint density at radius 1 is 1.40 bits per heavy atom. The number of carbonyl (C=O) groups is 2. The van der Waals surface area contributed by atoms with Crippen molar-refractivity contribution in [2.45, 2.75) is 0 Å². The van der Waals surface area contributed by atoms with Gasteiger partial charge in [-0.05, 0) is 0 Å². The van der Waals surface area contributed by atoms with E-state index in [0.29, 0.717) is 0 Å². The van der Waals surface area contributed by atoms with Gasteiger partial charge in [0.15, 0.2) is 5.56 Å². The van der Waals surface area contributed by atoms with Gasteiger partial charge in [0.1, 0.15) is 5.69 Å². The van der Waals surface area contributed by atoms with Crippen molar-refractivity contribution in [3.63, 3.8) is 0 Å². The zero-order valence-corrected chi connectivity index (χ0v) is 7.50. The topological polar surface area (TPSA) is 123 Å². The first-order valence-electron chi connectivity index (χ1n) is 3.66. The lowest BCUT2D eigenvalue weighted by Crippen LogP contribution is -2.11. The van der Waals surface area contributed by atoms with Crippen molar-refractivity contribution in [3.05, 3.63) is 27.6 Å². The monoisotopic (exact) mass is 214 g/mol. The summed E-state index contributed by atoms with van der Waals surface area (Å²) in [5.41, 5.74) is -2.16. The van der Waals surface area contributed by atoms with Gasteiger partial charge >= 0.3 is 17.6 Å². The van der Waals surface area contributed by atoms with Crippen LogP contribution in [0.3, 0.4) is 0 Å². The summed E-state index contributed by atoms with van der Waals surface area (Å²) in [6.45, 7) is 0. The Bertz CT molecular complexity index is 460. The first-order valence-corrected chi connectivity index (χ1v) is 3.66. The quantitative estimate of drug-likeness (QED) is 0.552. The summed E-state index contributed by atoms with van der Waals surface area (Å²) in [5, 5.41) is 27.8. The molecular weight excluding hydrogens is 208 g/mol. The van der Waals surface area contributed by atoms with Crippen LogP contribution in [0.15, 0.2) is 6.20 Å². The Morgan fingerprint density at radius 3 is 2.27 bits per heavy atom. The third-order valence-corrected chi connectivity index (χ3v) is 1.77. The molecule has 1 heterocycles. The van der Waals surface area contributed by atoms with Crippen LogP contribution < -0.4 is 0 Å². The largest absolute Gasteiger partial charge is 0.477 e. The number of aromatic nitrogens is 1. The average molecular weight is 214 g/mol. The Labute approximate surface area is 82.5 Å². The van der Waals surface area contributed by atoms with E-state index >= 15 is 0 Å². The molecule has 0 spiro atoms. The van der Waals surface area contributed by atoms with Gasteiger partial charge in [0.05, 0.1) is 11.1 Å². The number of aryl methyl sites for hydroxylation is 1. The van der Waals surface area contributed by atoms with Gasteiger partial charge in [0.2, 0.25) is 0 Å². The summed E-state index contributed by atoms with van der Waals surface area (Å²) in [6.07, 6.45) is 0.854. The number of hydrogen-bond donors (Lipinski definition) is 2. The Kier molecular flexibility index (Phi) is 2.43. The summed E-state index contributed by atoms with van der Waals surface area (Å²) >= 11 is 0. The number of carboxylic acid groups (broad SMARTS) is 2. The van der Waals surface area contributed by atoms with Crippen LogP contribution in [0.1, 0.15) is 20.8 Å². The molecule has 0 saturated heterocycles. The lowest BCUT2D eigenvalue weighted by atomic mass is 10.2. The maximum Gasteiger partial charge on any atom is 0.353 e. The minimum absolute atomic E-state index is 0.616. The van der Waals surface area contributed by atoms with Crippen molar-refractivity contribution in [1.29, 1.82) is 0 Å². The molecule has 0 radical (unpaired) electrons. The van der Waals surface area contributed by atoms with Crippen LogP contribution in [0.4, 0.5) is 5.69 Å². The van der Waals surface area contributed by atoms with E-state index in [4.69, 9.17) is 10.2 Å². The van der Waals surface area contributed by atoms with Crippen LogP contribution in [0, 0.1) is 10.1 Å². The van der Waals surface area contributed by atoms with E-state index in [1.165, 1.54) is 7.05 Å². The van der Waals surface area contributed by atoms with Crippen molar-refractivity contribution >= 4 is 17.6 Å². The van der Waals surface area contributed by atoms with E-state index in [0.717, 1.165) is 10.8 Å². The van der Waals surface area contributed by atoms with Gasteiger partial charge in [0, 0.05) is 7.05 Å². The van der Waals surface area contributed by atoms with Crippen LogP contribution in [-0.2, 0) is 7.05 Å². The summed E-state index contributed by atoms with van der Waals surface area (Å²) < 4.78 is 0.893. The predicted molar refractivity (Wildman–Crippen MR) is 46.0 cm³/mol. The molecule has 0 aliphatic rings. The first kappa shape index (κ1) is 10.7. The Morgan fingerprint density at radius 2 is 1.93 bits per heavy atom. The van der Waals surface area contributed by atoms with Crippen molar-refractivity contribution in [2.75, 3.05) is 0 Å². The van der Waals surface area contributed by atoms with Crippen molar-refractivity contribution < 1.29 is 24.7 Å². The second-order valence-electron chi connectivity index (χ2n) is 2.72. The van der Waals surface area contributed by atoms with Crippen LogP contribution >= 0.6 is 0 Å². The fraction of sp³-hybridized carbons (Fsp3) is 0.143. The number of hydrogen-bond acceptors (Lipinski definition) is 4. The van der Waals surface area contributed by atoms with Crippen molar-refractivity contribution in [1.82, 2.24) is 4.57 Å². The molecule has 0 aromatic carbocycles. The number of rotatable bonds is 3.